The smallest absolute Gasteiger partial charge is 0.226 e. The Morgan fingerprint density at radius 1 is 0.944 bits per heavy atom. The number of aromatic nitrogens is 3. The number of amides is 1. The van der Waals surface area contributed by atoms with Gasteiger partial charge in [0.15, 0.2) is 10.3 Å². The van der Waals surface area contributed by atoms with Crippen molar-refractivity contribution < 1.29 is 4.79 Å². The number of carbonyl (C=O) groups is 1. The lowest BCUT2D eigenvalue weighted by Gasteiger charge is -2.02. The maximum Gasteiger partial charge on any atom is 0.226 e. The molecule has 2 aromatic heterocycles. The van der Waals surface area contributed by atoms with Gasteiger partial charge in [-0.25, -0.2) is 9.97 Å². The minimum atomic E-state index is -0.108. The standard InChI is InChI=1S/C27H20Cl2N4OS2/c28-19-11-12-20(21(29)15-19)22-16-36-26(30-22)31-23(34)13-14-35-27-32-24(17-7-3-1-4-8-17)25(33-27)18-9-5-2-6-10-18/h1-12,15-16H,13-14H2,(H,32,33)(H,30,31,34). The summed E-state index contributed by atoms with van der Waals surface area (Å²) >= 11 is 15.1. The molecule has 5 rings (SSSR count). The molecule has 2 N–H and O–H groups in total. The summed E-state index contributed by atoms with van der Waals surface area (Å²) in [5, 5.41) is 7.12. The van der Waals surface area contributed by atoms with Crippen LogP contribution in [0.1, 0.15) is 6.42 Å². The number of nitrogens with zero attached hydrogens (tertiary/aromatic N) is 2. The number of hydrogen-bond donors (Lipinski definition) is 2. The third-order valence-electron chi connectivity index (χ3n) is 5.32. The van der Waals surface area contributed by atoms with E-state index in [-0.39, 0.29) is 5.91 Å². The van der Waals surface area contributed by atoms with Gasteiger partial charge in [0.25, 0.3) is 0 Å². The highest BCUT2D eigenvalue weighted by molar-refractivity contribution is 7.99. The van der Waals surface area contributed by atoms with Crippen LogP contribution >= 0.6 is 46.3 Å². The Morgan fingerprint density at radius 3 is 2.39 bits per heavy atom. The van der Waals surface area contributed by atoms with Crippen molar-refractivity contribution in [2.75, 3.05) is 11.1 Å². The van der Waals surface area contributed by atoms with Crippen LogP contribution in [0.4, 0.5) is 5.13 Å². The maximum atomic E-state index is 12.5. The first-order valence-electron chi connectivity index (χ1n) is 11.1. The molecule has 0 atom stereocenters. The van der Waals surface area contributed by atoms with Crippen LogP contribution in [0.2, 0.25) is 10.0 Å². The Morgan fingerprint density at radius 2 is 1.67 bits per heavy atom. The van der Waals surface area contributed by atoms with Crippen LogP contribution in [0.15, 0.2) is 89.4 Å². The summed E-state index contributed by atoms with van der Waals surface area (Å²) < 4.78 is 0. The minimum absolute atomic E-state index is 0.108. The van der Waals surface area contributed by atoms with Gasteiger partial charge in [-0.05, 0) is 18.2 Å². The normalized spacial score (nSPS) is 10.9. The van der Waals surface area contributed by atoms with Crippen molar-refractivity contribution in [3.8, 4) is 33.8 Å². The first-order chi connectivity index (χ1) is 17.6. The number of H-pyrrole nitrogens is 1. The molecule has 0 aliphatic carbocycles. The fraction of sp³-hybridized carbons (Fsp3) is 0.0741. The maximum absolute atomic E-state index is 12.5. The zero-order chi connectivity index (χ0) is 24.9. The van der Waals surface area contributed by atoms with Crippen molar-refractivity contribution in [1.82, 2.24) is 15.0 Å². The van der Waals surface area contributed by atoms with Crippen LogP contribution in [-0.2, 0) is 4.79 Å². The molecule has 2 heterocycles. The molecule has 36 heavy (non-hydrogen) atoms. The average Bonchev–Trinajstić information content (AvgIpc) is 3.52. The van der Waals surface area contributed by atoms with E-state index < -0.39 is 0 Å². The van der Waals surface area contributed by atoms with Crippen molar-refractivity contribution >= 4 is 57.3 Å². The molecular weight excluding hydrogens is 531 g/mol. The Kier molecular flexibility index (Phi) is 7.72. The van der Waals surface area contributed by atoms with Gasteiger partial charge in [-0.3, -0.25) is 4.79 Å². The van der Waals surface area contributed by atoms with E-state index in [1.54, 1.807) is 12.1 Å². The quantitative estimate of drug-likeness (QED) is 0.190. The Balaban J connectivity index is 1.23. The largest absolute Gasteiger partial charge is 0.332 e. The summed E-state index contributed by atoms with van der Waals surface area (Å²) in [4.78, 5) is 25.3. The van der Waals surface area contributed by atoms with Crippen LogP contribution in [0.25, 0.3) is 33.8 Å². The number of nitrogens with one attached hydrogen (secondary N) is 2. The van der Waals surface area contributed by atoms with Crippen molar-refractivity contribution in [3.05, 3.63) is 94.3 Å². The number of anilines is 1. The third-order valence-corrected chi connectivity index (χ3v) is 7.50. The van der Waals surface area contributed by atoms with E-state index in [1.165, 1.54) is 23.1 Å². The highest BCUT2D eigenvalue weighted by atomic mass is 35.5. The molecule has 0 spiro atoms. The molecule has 0 unspecified atom stereocenters. The second-order valence-electron chi connectivity index (χ2n) is 7.81. The zero-order valence-corrected chi connectivity index (χ0v) is 22.0. The Labute approximate surface area is 226 Å². The number of hydrogen-bond acceptors (Lipinski definition) is 5. The highest BCUT2D eigenvalue weighted by Crippen LogP contribution is 2.34. The lowest BCUT2D eigenvalue weighted by Crippen LogP contribution is -2.12. The fourth-order valence-corrected chi connectivity index (χ4v) is 5.66. The number of imidazole rings is 1. The van der Waals surface area contributed by atoms with Gasteiger partial charge in [0.05, 0.1) is 22.1 Å². The molecule has 5 nitrogen and oxygen atoms in total. The molecule has 0 bridgehead atoms. The molecule has 0 radical (unpaired) electrons. The molecule has 9 heteroatoms. The summed E-state index contributed by atoms with van der Waals surface area (Å²) in [7, 11) is 0. The molecule has 0 aliphatic heterocycles. The van der Waals surface area contributed by atoms with E-state index in [4.69, 9.17) is 28.2 Å². The number of carbonyl (C=O) groups excluding carboxylic acids is 1. The topological polar surface area (TPSA) is 70.7 Å². The summed E-state index contributed by atoms with van der Waals surface area (Å²) in [6.45, 7) is 0. The van der Waals surface area contributed by atoms with Crippen LogP contribution in [0, 0.1) is 0 Å². The Hall–Kier alpha value is -3.10. The molecule has 180 valence electrons. The van der Waals surface area contributed by atoms with E-state index in [0.717, 1.165) is 33.2 Å². The molecule has 0 fully saturated rings. The molecule has 0 aliphatic rings. The van der Waals surface area contributed by atoms with Gasteiger partial charge in [-0.1, -0.05) is 95.6 Å². The average molecular weight is 552 g/mol. The predicted molar refractivity (Wildman–Crippen MR) is 151 cm³/mol. The second-order valence-corrected chi connectivity index (χ2v) is 10.6. The van der Waals surface area contributed by atoms with Gasteiger partial charge < -0.3 is 10.3 Å². The van der Waals surface area contributed by atoms with E-state index in [0.29, 0.717) is 33.0 Å². The van der Waals surface area contributed by atoms with Crippen LogP contribution in [-0.4, -0.2) is 26.6 Å². The van der Waals surface area contributed by atoms with Gasteiger partial charge in [-0.2, -0.15) is 0 Å². The van der Waals surface area contributed by atoms with E-state index in [2.05, 4.69) is 27.4 Å². The molecule has 1 amide bonds. The third kappa shape index (κ3) is 5.82. The van der Waals surface area contributed by atoms with Crippen LogP contribution in [0.3, 0.4) is 0 Å². The number of thiazole rings is 1. The first-order valence-corrected chi connectivity index (χ1v) is 13.7. The van der Waals surface area contributed by atoms with Crippen LogP contribution in [0.5, 0.6) is 0 Å². The summed E-state index contributed by atoms with van der Waals surface area (Å²) in [5.41, 5.74) is 5.43. The molecular formula is C27H20Cl2N4OS2. The molecule has 0 saturated carbocycles. The first kappa shape index (κ1) is 24.6. The Bertz CT molecular complexity index is 1430. The van der Waals surface area contributed by atoms with Gasteiger partial charge in [0.2, 0.25) is 5.91 Å². The number of thioether (sulfide) groups is 1. The SMILES string of the molecule is O=C(CCSc1nc(-c2ccccc2)c(-c2ccccc2)[nH]1)Nc1nc(-c2ccc(Cl)cc2Cl)cs1. The monoisotopic (exact) mass is 550 g/mol. The lowest BCUT2D eigenvalue weighted by atomic mass is 10.1. The molecule has 0 saturated heterocycles. The van der Waals surface area contributed by atoms with E-state index in [1.807, 2.05) is 60.0 Å². The fourth-order valence-electron chi connectivity index (χ4n) is 3.61. The number of benzene rings is 3. The van der Waals surface area contributed by atoms with Crippen molar-refractivity contribution in [2.45, 2.75) is 11.6 Å². The molecule has 5 aromatic rings. The van der Waals surface area contributed by atoms with E-state index >= 15 is 0 Å². The predicted octanol–water partition coefficient (Wildman–Crippen LogP) is 8.29. The minimum Gasteiger partial charge on any atom is -0.332 e. The zero-order valence-electron chi connectivity index (χ0n) is 18.9. The summed E-state index contributed by atoms with van der Waals surface area (Å²) in [6.07, 6.45) is 0.323. The van der Waals surface area contributed by atoms with Crippen LogP contribution < -0.4 is 5.32 Å². The van der Waals surface area contributed by atoms with E-state index in [9.17, 15) is 4.79 Å². The van der Waals surface area contributed by atoms with Crippen molar-refractivity contribution in [1.29, 1.82) is 0 Å². The van der Waals surface area contributed by atoms with Gasteiger partial charge in [-0.15, -0.1) is 11.3 Å². The van der Waals surface area contributed by atoms with Crippen molar-refractivity contribution in [3.63, 3.8) is 0 Å². The number of rotatable bonds is 8. The van der Waals surface area contributed by atoms with Gasteiger partial charge in [0, 0.05) is 39.3 Å². The second kappa shape index (κ2) is 11.3. The summed E-state index contributed by atoms with van der Waals surface area (Å²) in [5.74, 6) is 0.465. The highest BCUT2D eigenvalue weighted by Gasteiger charge is 2.15. The molecule has 3 aromatic carbocycles. The summed E-state index contributed by atoms with van der Waals surface area (Å²) in [6, 6.07) is 25.5. The van der Waals surface area contributed by atoms with Crippen molar-refractivity contribution in [2.24, 2.45) is 0 Å². The number of aromatic amines is 1. The lowest BCUT2D eigenvalue weighted by molar-refractivity contribution is -0.115. The number of halogens is 2. The van der Waals surface area contributed by atoms with Gasteiger partial charge >= 0.3 is 0 Å². The van der Waals surface area contributed by atoms with Gasteiger partial charge in [0.1, 0.15) is 0 Å².